The van der Waals surface area contributed by atoms with E-state index in [-0.39, 0.29) is 10.8 Å². The third-order valence-corrected chi connectivity index (χ3v) is 4.66. The molecular weight excluding hydrogens is 358 g/mol. The number of thiol groups is 1. The van der Waals surface area contributed by atoms with Crippen LogP contribution in [-0.4, -0.2) is 27.6 Å². The van der Waals surface area contributed by atoms with Crippen molar-refractivity contribution in [1.82, 2.24) is 9.97 Å². The number of fused-ring (bicyclic) bond motifs is 1. The van der Waals surface area contributed by atoms with E-state index in [1.165, 1.54) is 0 Å². The van der Waals surface area contributed by atoms with Crippen molar-refractivity contribution in [2.45, 2.75) is 31.0 Å². The molecular formula is C17H18ClN5OS. The number of nitriles is 1. The minimum absolute atomic E-state index is 0.133. The fraction of sp³-hybridized carbons (Fsp3) is 0.353. The molecule has 6 nitrogen and oxygen atoms in total. The summed E-state index contributed by atoms with van der Waals surface area (Å²) in [6.45, 7) is 2.79. The van der Waals surface area contributed by atoms with Crippen molar-refractivity contribution in [3.63, 3.8) is 0 Å². The average molecular weight is 376 g/mol. The fourth-order valence-electron chi connectivity index (χ4n) is 2.73. The number of hydrogen-bond donors (Lipinski definition) is 2. The van der Waals surface area contributed by atoms with E-state index in [9.17, 15) is 5.26 Å². The van der Waals surface area contributed by atoms with Crippen LogP contribution in [0.15, 0.2) is 36.5 Å². The molecule has 25 heavy (non-hydrogen) atoms. The molecule has 0 spiro atoms. The monoisotopic (exact) mass is 375 g/mol. The minimum atomic E-state index is -0.848. The van der Waals surface area contributed by atoms with E-state index in [1.807, 2.05) is 42.2 Å². The average Bonchev–Trinajstić information content (AvgIpc) is 2.95. The molecule has 2 heterocycles. The minimum Gasteiger partial charge on any atom is -0.377 e. The van der Waals surface area contributed by atoms with Crippen molar-refractivity contribution in [3.8, 4) is 6.07 Å². The summed E-state index contributed by atoms with van der Waals surface area (Å²) in [7, 11) is 0. The molecule has 1 aromatic carbocycles. The Morgan fingerprint density at radius 1 is 1.44 bits per heavy atom. The third kappa shape index (κ3) is 3.82. The fourth-order valence-corrected chi connectivity index (χ4v) is 3.36. The van der Waals surface area contributed by atoms with E-state index in [4.69, 9.17) is 16.3 Å². The number of aromatic nitrogens is 2. The highest BCUT2D eigenvalue weighted by atomic mass is 35.5. The summed E-state index contributed by atoms with van der Waals surface area (Å²) in [5, 5.41) is 13.1. The molecule has 0 fully saturated rings. The molecule has 2 unspecified atom stereocenters. The van der Waals surface area contributed by atoms with Crippen LogP contribution in [0.25, 0.3) is 0 Å². The molecule has 0 radical (unpaired) electrons. The summed E-state index contributed by atoms with van der Waals surface area (Å²) < 4.78 is 5.74. The van der Waals surface area contributed by atoms with Gasteiger partial charge in [0.1, 0.15) is 11.0 Å². The summed E-state index contributed by atoms with van der Waals surface area (Å²) in [5.74, 6) is 0.576. The maximum atomic E-state index is 9.79. The second-order valence-corrected chi connectivity index (χ2v) is 6.77. The lowest BCUT2D eigenvalue weighted by atomic mass is 9.98. The molecule has 1 N–H and O–H groups in total. The molecule has 0 saturated carbocycles. The Balaban J connectivity index is 1.68. The summed E-state index contributed by atoms with van der Waals surface area (Å²) in [5.41, 5.74) is 0.567. The predicted molar refractivity (Wildman–Crippen MR) is 101 cm³/mol. The van der Waals surface area contributed by atoms with Gasteiger partial charge >= 0.3 is 0 Å². The van der Waals surface area contributed by atoms with Gasteiger partial charge in [-0.2, -0.15) is 10.2 Å². The topological polar surface area (TPSA) is 74.1 Å². The summed E-state index contributed by atoms with van der Waals surface area (Å²) >= 11 is 10.4. The standard InChI is InChI=1S/C17H18ClN5OS/c1-17(11-19,7-8-24-10-12-5-3-2-4-6-12)23-14-13(21-16(23)25)9-20-15(18)22-14/h2-6,9,16,21,25H,7-8,10H2,1H3. The van der Waals surface area contributed by atoms with Crippen LogP contribution in [0.1, 0.15) is 18.9 Å². The van der Waals surface area contributed by atoms with Crippen LogP contribution in [0.4, 0.5) is 11.5 Å². The van der Waals surface area contributed by atoms with Crippen molar-refractivity contribution in [2.24, 2.45) is 0 Å². The van der Waals surface area contributed by atoms with Crippen LogP contribution in [-0.2, 0) is 11.3 Å². The van der Waals surface area contributed by atoms with Gasteiger partial charge in [0.2, 0.25) is 5.28 Å². The van der Waals surface area contributed by atoms with E-state index in [2.05, 4.69) is 34.0 Å². The summed E-state index contributed by atoms with van der Waals surface area (Å²) in [6, 6.07) is 12.3. The molecule has 1 aliphatic heterocycles. The van der Waals surface area contributed by atoms with E-state index in [0.717, 1.165) is 5.56 Å². The zero-order chi connectivity index (χ0) is 17.9. The predicted octanol–water partition coefficient (Wildman–Crippen LogP) is 3.46. The van der Waals surface area contributed by atoms with Crippen LogP contribution in [0.3, 0.4) is 0 Å². The highest BCUT2D eigenvalue weighted by molar-refractivity contribution is 7.81. The lowest BCUT2D eigenvalue weighted by Crippen LogP contribution is -2.50. The lowest BCUT2D eigenvalue weighted by molar-refractivity contribution is 0.109. The molecule has 3 rings (SSSR count). The Morgan fingerprint density at radius 2 is 2.20 bits per heavy atom. The van der Waals surface area contributed by atoms with Gasteiger partial charge in [-0.15, -0.1) is 12.6 Å². The molecule has 0 amide bonds. The van der Waals surface area contributed by atoms with Gasteiger partial charge in [-0.25, -0.2) is 4.98 Å². The Labute approximate surface area is 157 Å². The maximum Gasteiger partial charge on any atom is 0.224 e. The number of hydrogen-bond acceptors (Lipinski definition) is 7. The highest BCUT2D eigenvalue weighted by Gasteiger charge is 2.42. The summed E-state index contributed by atoms with van der Waals surface area (Å²) in [6.07, 6.45) is 2.09. The van der Waals surface area contributed by atoms with E-state index in [1.54, 1.807) is 6.20 Å². The van der Waals surface area contributed by atoms with Crippen LogP contribution in [0.5, 0.6) is 0 Å². The van der Waals surface area contributed by atoms with Crippen LogP contribution in [0, 0.1) is 11.3 Å². The van der Waals surface area contributed by atoms with Crippen molar-refractivity contribution in [2.75, 3.05) is 16.8 Å². The first-order chi connectivity index (χ1) is 12.0. The molecule has 2 atom stereocenters. The van der Waals surface area contributed by atoms with Crippen molar-refractivity contribution < 1.29 is 4.74 Å². The Morgan fingerprint density at radius 3 is 2.92 bits per heavy atom. The molecule has 0 bridgehead atoms. The van der Waals surface area contributed by atoms with Gasteiger partial charge in [-0.05, 0) is 24.1 Å². The zero-order valence-electron chi connectivity index (χ0n) is 13.7. The molecule has 130 valence electrons. The third-order valence-electron chi connectivity index (χ3n) is 4.11. The normalized spacial score (nSPS) is 18.2. The van der Waals surface area contributed by atoms with E-state index >= 15 is 0 Å². The number of nitrogens with zero attached hydrogens (tertiary/aromatic N) is 4. The lowest BCUT2D eigenvalue weighted by Gasteiger charge is -2.36. The van der Waals surface area contributed by atoms with Gasteiger partial charge in [-0.3, -0.25) is 0 Å². The second kappa shape index (κ2) is 7.48. The van der Waals surface area contributed by atoms with Gasteiger partial charge in [0.05, 0.1) is 31.2 Å². The number of ether oxygens (including phenoxy) is 1. The number of nitrogens with one attached hydrogen (secondary N) is 1. The van der Waals surface area contributed by atoms with Gasteiger partial charge in [0.15, 0.2) is 5.82 Å². The first-order valence-corrected chi connectivity index (χ1v) is 8.72. The Bertz CT molecular complexity index is 784. The smallest absolute Gasteiger partial charge is 0.224 e. The molecule has 1 aromatic heterocycles. The van der Waals surface area contributed by atoms with Gasteiger partial charge in [0.25, 0.3) is 0 Å². The van der Waals surface area contributed by atoms with E-state index < -0.39 is 5.54 Å². The van der Waals surface area contributed by atoms with Crippen LogP contribution < -0.4 is 10.2 Å². The first-order valence-electron chi connectivity index (χ1n) is 7.83. The van der Waals surface area contributed by atoms with E-state index in [0.29, 0.717) is 31.1 Å². The largest absolute Gasteiger partial charge is 0.377 e. The van der Waals surface area contributed by atoms with Crippen molar-refractivity contribution >= 4 is 35.7 Å². The highest BCUT2D eigenvalue weighted by Crippen LogP contribution is 2.40. The quantitative estimate of drug-likeness (QED) is 0.457. The molecule has 0 aliphatic carbocycles. The first kappa shape index (κ1) is 17.8. The number of benzene rings is 1. The Kier molecular flexibility index (Phi) is 5.33. The van der Waals surface area contributed by atoms with Crippen LogP contribution >= 0.6 is 24.2 Å². The van der Waals surface area contributed by atoms with Gasteiger partial charge in [-0.1, -0.05) is 30.3 Å². The SMILES string of the molecule is CC(C#N)(CCOCc1ccccc1)N1c2nc(Cl)ncc2NC1S. The van der Waals surface area contributed by atoms with Crippen molar-refractivity contribution in [3.05, 3.63) is 47.4 Å². The summed E-state index contributed by atoms with van der Waals surface area (Å²) in [4.78, 5) is 10.0. The number of halogens is 1. The number of rotatable bonds is 6. The number of anilines is 2. The van der Waals surface area contributed by atoms with Crippen molar-refractivity contribution in [1.29, 1.82) is 5.26 Å². The molecule has 1 aliphatic rings. The van der Waals surface area contributed by atoms with Crippen LogP contribution in [0.2, 0.25) is 5.28 Å². The maximum absolute atomic E-state index is 9.79. The Hall–Kier alpha value is -2.01. The van der Waals surface area contributed by atoms with Gasteiger partial charge < -0.3 is 15.0 Å². The molecule has 2 aromatic rings. The zero-order valence-corrected chi connectivity index (χ0v) is 15.3. The molecule has 8 heteroatoms. The molecule has 0 saturated heterocycles. The van der Waals surface area contributed by atoms with Gasteiger partial charge in [0, 0.05) is 6.42 Å². The second-order valence-electron chi connectivity index (χ2n) is 5.94.